The molecular formula is C12H14N4O2. The van der Waals surface area contributed by atoms with Crippen molar-refractivity contribution in [2.45, 2.75) is 19.8 Å². The van der Waals surface area contributed by atoms with Gasteiger partial charge in [-0.05, 0) is 25.3 Å². The molecule has 1 saturated heterocycles. The highest BCUT2D eigenvalue weighted by Gasteiger charge is 2.24. The standard InChI is InChI=1S/C12H14N4O2/c1-9-6-12(14-7-11(9)16(17)18)15-5-3-10(8-15)2-4-13/h6-7,10H,2-3,5,8H2,1H3. The number of hydrogen-bond donors (Lipinski definition) is 0. The van der Waals surface area contributed by atoms with Crippen molar-refractivity contribution in [3.05, 3.63) is 27.9 Å². The van der Waals surface area contributed by atoms with Gasteiger partial charge in [0.25, 0.3) is 5.69 Å². The number of nitrogens with zero attached hydrogens (tertiary/aromatic N) is 4. The fraction of sp³-hybridized carbons (Fsp3) is 0.500. The number of pyridine rings is 1. The van der Waals surface area contributed by atoms with E-state index in [2.05, 4.69) is 16.0 Å². The van der Waals surface area contributed by atoms with E-state index in [9.17, 15) is 10.1 Å². The molecule has 1 aliphatic rings. The zero-order valence-electron chi connectivity index (χ0n) is 10.2. The van der Waals surface area contributed by atoms with Crippen LogP contribution in [-0.4, -0.2) is 23.0 Å². The average Bonchev–Trinajstić information content (AvgIpc) is 2.77. The minimum absolute atomic E-state index is 0.0477. The predicted octanol–water partition coefficient (Wildman–Crippen LogP) is 2.04. The summed E-state index contributed by atoms with van der Waals surface area (Å²) in [5, 5.41) is 19.4. The lowest BCUT2D eigenvalue weighted by Crippen LogP contribution is -2.20. The third-order valence-corrected chi connectivity index (χ3v) is 3.26. The van der Waals surface area contributed by atoms with E-state index in [0.717, 1.165) is 25.3 Å². The minimum atomic E-state index is -0.422. The second kappa shape index (κ2) is 5.00. The van der Waals surface area contributed by atoms with Gasteiger partial charge in [-0.1, -0.05) is 0 Å². The number of nitro groups is 1. The molecule has 1 atom stereocenters. The summed E-state index contributed by atoms with van der Waals surface area (Å²) < 4.78 is 0. The molecule has 6 heteroatoms. The van der Waals surface area contributed by atoms with Gasteiger partial charge in [0.15, 0.2) is 0 Å². The summed E-state index contributed by atoms with van der Waals surface area (Å²) in [5.74, 6) is 1.14. The van der Waals surface area contributed by atoms with Gasteiger partial charge in [0.05, 0.1) is 11.0 Å². The quantitative estimate of drug-likeness (QED) is 0.602. The maximum atomic E-state index is 10.7. The third-order valence-electron chi connectivity index (χ3n) is 3.26. The predicted molar refractivity (Wildman–Crippen MR) is 66.2 cm³/mol. The van der Waals surface area contributed by atoms with E-state index < -0.39 is 4.92 Å². The third kappa shape index (κ3) is 2.40. The van der Waals surface area contributed by atoms with Crippen LogP contribution in [-0.2, 0) is 0 Å². The molecule has 0 saturated carbocycles. The maximum Gasteiger partial charge on any atom is 0.290 e. The van der Waals surface area contributed by atoms with Gasteiger partial charge >= 0.3 is 0 Å². The van der Waals surface area contributed by atoms with Gasteiger partial charge in [0.2, 0.25) is 0 Å². The number of rotatable bonds is 3. The molecule has 0 N–H and O–H groups in total. The van der Waals surface area contributed by atoms with Crippen LogP contribution < -0.4 is 4.90 Å². The van der Waals surface area contributed by atoms with Crippen molar-refractivity contribution >= 4 is 11.5 Å². The lowest BCUT2D eigenvalue weighted by Gasteiger charge is -2.17. The molecule has 6 nitrogen and oxygen atoms in total. The number of hydrogen-bond acceptors (Lipinski definition) is 5. The fourth-order valence-corrected chi connectivity index (χ4v) is 2.23. The van der Waals surface area contributed by atoms with Crippen molar-refractivity contribution in [1.29, 1.82) is 5.26 Å². The van der Waals surface area contributed by atoms with Crippen LogP contribution in [0.2, 0.25) is 0 Å². The second-order valence-electron chi connectivity index (χ2n) is 4.55. The Kier molecular flexibility index (Phi) is 3.42. The topological polar surface area (TPSA) is 83.1 Å². The molecule has 0 aromatic carbocycles. The number of aryl methyl sites for hydroxylation is 1. The van der Waals surface area contributed by atoms with E-state index in [0.29, 0.717) is 17.9 Å². The SMILES string of the molecule is Cc1cc(N2CCC(CC#N)C2)ncc1[N+](=O)[O-]. The number of anilines is 1. The van der Waals surface area contributed by atoms with Crippen molar-refractivity contribution < 1.29 is 4.92 Å². The highest BCUT2D eigenvalue weighted by molar-refractivity contribution is 5.49. The van der Waals surface area contributed by atoms with Crippen molar-refractivity contribution in [1.82, 2.24) is 4.98 Å². The second-order valence-corrected chi connectivity index (χ2v) is 4.55. The lowest BCUT2D eigenvalue weighted by molar-refractivity contribution is -0.385. The Hall–Kier alpha value is -2.16. The molecule has 1 fully saturated rings. The van der Waals surface area contributed by atoms with E-state index in [1.165, 1.54) is 6.20 Å². The largest absolute Gasteiger partial charge is 0.356 e. The summed E-state index contributed by atoms with van der Waals surface area (Å²) in [6.07, 6.45) is 2.84. The first-order valence-electron chi connectivity index (χ1n) is 5.84. The van der Waals surface area contributed by atoms with Crippen LogP contribution in [0.3, 0.4) is 0 Å². The van der Waals surface area contributed by atoms with Gasteiger partial charge in [-0.15, -0.1) is 0 Å². The van der Waals surface area contributed by atoms with Crippen molar-refractivity contribution in [3.8, 4) is 6.07 Å². The zero-order chi connectivity index (χ0) is 13.1. The first-order chi connectivity index (χ1) is 8.61. The normalized spacial score (nSPS) is 18.7. The lowest BCUT2D eigenvalue weighted by atomic mass is 10.1. The number of aromatic nitrogens is 1. The number of nitriles is 1. The molecule has 0 amide bonds. The van der Waals surface area contributed by atoms with Crippen LogP contribution in [0, 0.1) is 34.3 Å². The summed E-state index contributed by atoms with van der Waals surface area (Å²) in [6, 6.07) is 3.92. The highest BCUT2D eigenvalue weighted by Crippen LogP contribution is 2.27. The summed E-state index contributed by atoms with van der Waals surface area (Å²) in [4.78, 5) is 16.5. The molecule has 0 spiro atoms. The van der Waals surface area contributed by atoms with Gasteiger partial charge in [0.1, 0.15) is 12.0 Å². The van der Waals surface area contributed by atoms with Crippen LogP contribution in [0.1, 0.15) is 18.4 Å². The Morgan fingerprint density at radius 2 is 2.50 bits per heavy atom. The van der Waals surface area contributed by atoms with Gasteiger partial charge in [-0.3, -0.25) is 10.1 Å². The molecule has 1 aromatic rings. The maximum absolute atomic E-state index is 10.7. The van der Waals surface area contributed by atoms with Gasteiger partial charge in [0, 0.05) is 25.1 Å². The molecule has 1 aromatic heterocycles. The van der Waals surface area contributed by atoms with Gasteiger partial charge in [-0.2, -0.15) is 5.26 Å². The molecule has 1 unspecified atom stereocenters. The molecule has 2 rings (SSSR count). The molecule has 2 heterocycles. The zero-order valence-corrected chi connectivity index (χ0v) is 10.2. The summed E-state index contributed by atoms with van der Waals surface area (Å²) in [5.41, 5.74) is 0.667. The first-order valence-corrected chi connectivity index (χ1v) is 5.84. The van der Waals surface area contributed by atoms with E-state index >= 15 is 0 Å². The molecular weight excluding hydrogens is 232 g/mol. The van der Waals surface area contributed by atoms with Crippen LogP contribution in [0.5, 0.6) is 0 Å². The molecule has 0 bridgehead atoms. The van der Waals surface area contributed by atoms with E-state index in [1.807, 2.05) is 0 Å². The minimum Gasteiger partial charge on any atom is -0.356 e. The molecule has 0 radical (unpaired) electrons. The summed E-state index contributed by atoms with van der Waals surface area (Å²) >= 11 is 0. The Bertz CT molecular complexity index is 509. The van der Waals surface area contributed by atoms with E-state index in [-0.39, 0.29) is 5.69 Å². The van der Waals surface area contributed by atoms with E-state index in [1.54, 1.807) is 13.0 Å². The molecule has 0 aliphatic carbocycles. The molecule has 94 valence electrons. The Balaban J connectivity index is 2.14. The van der Waals surface area contributed by atoms with Gasteiger partial charge in [-0.25, -0.2) is 4.98 Å². The fourth-order valence-electron chi connectivity index (χ4n) is 2.23. The van der Waals surface area contributed by atoms with Gasteiger partial charge < -0.3 is 4.90 Å². The van der Waals surface area contributed by atoms with Crippen molar-refractivity contribution in [3.63, 3.8) is 0 Å². The smallest absolute Gasteiger partial charge is 0.290 e. The van der Waals surface area contributed by atoms with Crippen LogP contribution in [0.15, 0.2) is 12.3 Å². The highest BCUT2D eigenvalue weighted by atomic mass is 16.6. The average molecular weight is 246 g/mol. The monoisotopic (exact) mass is 246 g/mol. The van der Waals surface area contributed by atoms with E-state index in [4.69, 9.17) is 5.26 Å². The van der Waals surface area contributed by atoms with Crippen molar-refractivity contribution in [2.75, 3.05) is 18.0 Å². The summed E-state index contributed by atoms with van der Waals surface area (Å²) in [7, 11) is 0. The van der Waals surface area contributed by atoms with Crippen LogP contribution >= 0.6 is 0 Å². The first kappa shape index (κ1) is 12.3. The summed E-state index contributed by atoms with van der Waals surface area (Å²) in [6.45, 7) is 3.38. The molecule has 1 aliphatic heterocycles. The Morgan fingerprint density at radius 1 is 1.72 bits per heavy atom. The van der Waals surface area contributed by atoms with Crippen LogP contribution in [0.4, 0.5) is 11.5 Å². The Morgan fingerprint density at radius 3 is 3.11 bits per heavy atom. The van der Waals surface area contributed by atoms with Crippen molar-refractivity contribution in [2.24, 2.45) is 5.92 Å². The van der Waals surface area contributed by atoms with Crippen LogP contribution in [0.25, 0.3) is 0 Å². The molecule has 18 heavy (non-hydrogen) atoms. The Labute approximate surface area is 105 Å².